The number of aliphatic hydroxyl groups is 1. The first-order chi connectivity index (χ1) is 8.41. The number of H-pyrrole nitrogens is 1. The highest BCUT2D eigenvalue weighted by Crippen LogP contribution is 1.98. The fourth-order valence-corrected chi connectivity index (χ4v) is 1.24. The normalized spacial score (nSPS) is 13.7. The maximum Gasteiger partial charge on any atom is 0.328 e. The van der Waals surface area contributed by atoms with E-state index in [-0.39, 0.29) is 6.54 Å². The van der Waals surface area contributed by atoms with Gasteiger partial charge in [0.2, 0.25) is 0 Å². The molecule has 2 unspecified atom stereocenters. The third-order valence-corrected chi connectivity index (χ3v) is 2.23. The molecule has 18 heavy (non-hydrogen) atoms. The van der Waals surface area contributed by atoms with E-state index in [1.165, 1.54) is 25.2 Å². The van der Waals surface area contributed by atoms with Gasteiger partial charge >= 0.3 is 12.0 Å². The van der Waals surface area contributed by atoms with Gasteiger partial charge in [-0.15, -0.1) is 0 Å². The Bertz CT molecular complexity index is 405. The number of carbonyl (C=O) groups is 2. The van der Waals surface area contributed by atoms with Crippen molar-refractivity contribution in [1.82, 2.24) is 25.4 Å². The minimum absolute atomic E-state index is 0.151. The van der Waals surface area contributed by atoms with Gasteiger partial charge in [0.05, 0.1) is 12.6 Å². The highest BCUT2D eigenvalue weighted by atomic mass is 16.4. The van der Waals surface area contributed by atoms with E-state index in [0.717, 1.165) is 0 Å². The lowest BCUT2D eigenvalue weighted by Crippen LogP contribution is -2.51. The van der Waals surface area contributed by atoms with E-state index in [9.17, 15) is 14.7 Å². The highest BCUT2D eigenvalue weighted by Gasteiger charge is 2.26. The highest BCUT2D eigenvalue weighted by molar-refractivity contribution is 5.82. The van der Waals surface area contributed by atoms with E-state index in [1.807, 2.05) is 0 Å². The average molecular weight is 257 g/mol. The second kappa shape index (κ2) is 5.96. The molecular weight excluding hydrogens is 242 g/mol. The van der Waals surface area contributed by atoms with Crippen LogP contribution in [0.2, 0.25) is 0 Å². The lowest BCUT2D eigenvalue weighted by atomic mass is 10.2. The van der Waals surface area contributed by atoms with E-state index in [4.69, 9.17) is 5.11 Å². The predicted octanol–water partition coefficient (Wildman–Crippen LogP) is -1.22. The van der Waals surface area contributed by atoms with Crippen LogP contribution in [0.1, 0.15) is 12.7 Å². The fourth-order valence-electron chi connectivity index (χ4n) is 1.24. The van der Waals surface area contributed by atoms with Crippen LogP contribution in [-0.4, -0.2) is 61.5 Å². The van der Waals surface area contributed by atoms with Crippen LogP contribution in [0.3, 0.4) is 0 Å². The van der Waals surface area contributed by atoms with E-state index in [0.29, 0.717) is 5.82 Å². The lowest BCUT2D eigenvalue weighted by Gasteiger charge is -2.22. The largest absolute Gasteiger partial charge is 0.480 e. The van der Waals surface area contributed by atoms with Crippen LogP contribution in [0.4, 0.5) is 4.79 Å². The molecule has 0 aliphatic rings. The standard InChI is InChI=1S/C9H15N5O4/c1-5(15)7(8(16)17)12-9(18)14(2)3-6-10-4-11-13-6/h4-5,7,15H,3H2,1-2H3,(H,12,18)(H,16,17)(H,10,11,13). The Morgan fingerprint density at radius 1 is 1.61 bits per heavy atom. The maximum absolute atomic E-state index is 11.7. The second-order valence-electron chi connectivity index (χ2n) is 3.79. The molecule has 0 saturated heterocycles. The summed E-state index contributed by atoms with van der Waals surface area (Å²) in [5, 5.41) is 26.4. The molecule has 2 amide bonds. The number of carbonyl (C=O) groups excluding carboxylic acids is 1. The molecule has 1 rings (SSSR count). The summed E-state index contributed by atoms with van der Waals surface area (Å²) in [7, 11) is 1.47. The molecule has 9 nitrogen and oxygen atoms in total. The number of hydrogen-bond acceptors (Lipinski definition) is 5. The van der Waals surface area contributed by atoms with Gasteiger partial charge in [-0.3, -0.25) is 5.10 Å². The number of aliphatic carboxylic acids is 1. The van der Waals surface area contributed by atoms with Crippen molar-refractivity contribution >= 4 is 12.0 Å². The van der Waals surface area contributed by atoms with Crippen LogP contribution >= 0.6 is 0 Å². The van der Waals surface area contributed by atoms with Crippen LogP contribution in [0.5, 0.6) is 0 Å². The molecule has 0 fully saturated rings. The smallest absolute Gasteiger partial charge is 0.328 e. The van der Waals surface area contributed by atoms with Gasteiger partial charge in [-0.2, -0.15) is 5.10 Å². The number of carboxylic acids is 1. The Morgan fingerprint density at radius 2 is 2.28 bits per heavy atom. The maximum atomic E-state index is 11.7. The summed E-state index contributed by atoms with van der Waals surface area (Å²) in [6, 6.07) is -1.98. The Hall–Kier alpha value is -2.16. The van der Waals surface area contributed by atoms with Gasteiger partial charge in [-0.1, -0.05) is 0 Å². The third kappa shape index (κ3) is 3.70. The second-order valence-corrected chi connectivity index (χ2v) is 3.79. The molecule has 2 atom stereocenters. The Kier molecular flexibility index (Phi) is 4.60. The zero-order valence-corrected chi connectivity index (χ0v) is 9.99. The van der Waals surface area contributed by atoms with Gasteiger partial charge in [0.1, 0.15) is 12.2 Å². The van der Waals surface area contributed by atoms with Gasteiger partial charge < -0.3 is 20.4 Å². The molecule has 1 aromatic rings. The number of amides is 2. The molecule has 0 aromatic carbocycles. The summed E-state index contributed by atoms with van der Waals surface area (Å²) >= 11 is 0. The van der Waals surface area contributed by atoms with Gasteiger partial charge in [0, 0.05) is 7.05 Å². The summed E-state index contributed by atoms with van der Waals surface area (Å²) in [6.07, 6.45) is 0.113. The van der Waals surface area contributed by atoms with E-state index >= 15 is 0 Å². The number of hydrogen-bond donors (Lipinski definition) is 4. The van der Waals surface area contributed by atoms with Crippen molar-refractivity contribution < 1.29 is 19.8 Å². The number of aromatic amines is 1. The number of aromatic nitrogens is 3. The molecule has 0 saturated carbocycles. The van der Waals surface area contributed by atoms with Gasteiger partial charge in [-0.25, -0.2) is 14.6 Å². The van der Waals surface area contributed by atoms with E-state index in [2.05, 4.69) is 20.5 Å². The molecule has 0 bridgehead atoms. The Balaban J connectivity index is 2.56. The van der Waals surface area contributed by atoms with Crippen molar-refractivity contribution in [2.75, 3.05) is 7.05 Å². The molecule has 0 spiro atoms. The Labute approximate surface area is 103 Å². The van der Waals surface area contributed by atoms with Crippen molar-refractivity contribution in [3.63, 3.8) is 0 Å². The van der Waals surface area contributed by atoms with Crippen LogP contribution in [-0.2, 0) is 11.3 Å². The fraction of sp³-hybridized carbons (Fsp3) is 0.556. The van der Waals surface area contributed by atoms with E-state index in [1.54, 1.807) is 0 Å². The van der Waals surface area contributed by atoms with Crippen LogP contribution < -0.4 is 5.32 Å². The van der Waals surface area contributed by atoms with Gasteiger partial charge in [-0.05, 0) is 6.92 Å². The molecule has 9 heteroatoms. The minimum Gasteiger partial charge on any atom is -0.480 e. The quantitative estimate of drug-likeness (QED) is 0.523. The first kappa shape index (κ1) is 13.9. The summed E-state index contributed by atoms with van der Waals surface area (Å²) in [5.41, 5.74) is 0. The first-order valence-electron chi connectivity index (χ1n) is 5.18. The van der Waals surface area contributed by atoms with Crippen molar-refractivity contribution in [2.24, 2.45) is 0 Å². The molecule has 100 valence electrons. The van der Waals surface area contributed by atoms with Crippen LogP contribution in [0.15, 0.2) is 6.33 Å². The SMILES string of the molecule is CC(O)C(NC(=O)N(C)Cc1ncn[nH]1)C(=O)O. The minimum atomic E-state index is -1.35. The zero-order chi connectivity index (χ0) is 13.7. The summed E-state index contributed by atoms with van der Waals surface area (Å²) in [5.74, 6) is -0.831. The van der Waals surface area contributed by atoms with Crippen LogP contribution in [0, 0.1) is 0 Å². The molecule has 0 aliphatic carbocycles. The summed E-state index contributed by atoms with van der Waals surface area (Å²) in [4.78, 5) is 27.5. The Morgan fingerprint density at radius 3 is 2.72 bits per heavy atom. The molecular formula is C9H15N5O4. The van der Waals surface area contributed by atoms with Crippen LogP contribution in [0.25, 0.3) is 0 Å². The van der Waals surface area contributed by atoms with Crippen molar-refractivity contribution in [2.45, 2.75) is 25.6 Å². The monoisotopic (exact) mass is 257 g/mol. The molecule has 0 radical (unpaired) electrons. The third-order valence-electron chi connectivity index (χ3n) is 2.23. The molecule has 0 aliphatic heterocycles. The number of carboxylic acid groups (broad SMARTS) is 1. The van der Waals surface area contributed by atoms with E-state index < -0.39 is 24.1 Å². The average Bonchev–Trinajstić information content (AvgIpc) is 2.77. The number of rotatable bonds is 5. The van der Waals surface area contributed by atoms with Crippen molar-refractivity contribution in [3.05, 3.63) is 12.2 Å². The molecule has 4 N–H and O–H groups in total. The number of nitrogens with one attached hydrogen (secondary N) is 2. The lowest BCUT2D eigenvalue weighted by molar-refractivity contribution is -0.141. The van der Waals surface area contributed by atoms with Crippen molar-refractivity contribution in [3.8, 4) is 0 Å². The molecule has 1 aromatic heterocycles. The number of urea groups is 1. The molecule has 1 heterocycles. The predicted molar refractivity (Wildman–Crippen MR) is 59.5 cm³/mol. The van der Waals surface area contributed by atoms with Gasteiger partial charge in [0.25, 0.3) is 0 Å². The van der Waals surface area contributed by atoms with Gasteiger partial charge in [0.15, 0.2) is 6.04 Å². The first-order valence-corrected chi connectivity index (χ1v) is 5.18. The number of aliphatic hydroxyl groups excluding tert-OH is 1. The number of nitrogens with zero attached hydrogens (tertiary/aromatic N) is 3. The topological polar surface area (TPSA) is 131 Å². The van der Waals surface area contributed by atoms with Crippen molar-refractivity contribution in [1.29, 1.82) is 0 Å². The summed E-state index contributed by atoms with van der Waals surface area (Å²) in [6.45, 7) is 1.44. The summed E-state index contributed by atoms with van der Waals surface area (Å²) < 4.78 is 0. The zero-order valence-electron chi connectivity index (χ0n) is 9.99.